The van der Waals surface area contributed by atoms with Gasteiger partial charge in [0.15, 0.2) is 2.57 Å². The Hall–Kier alpha value is -0.400. The van der Waals surface area contributed by atoms with Crippen LogP contribution in [0.5, 0.6) is 0 Å². The Balaban J connectivity index is 2.64. The summed E-state index contributed by atoms with van der Waals surface area (Å²) >= 11 is 7.46. The third-order valence-corrected chi connectivity index (χ3v) is 4.70. The minimum Gasteiger partial charge on any atom is -0.291 e. The van der Waals surface area contributed by atoms with Gasteiger partial charge in [-0.25, -0.2) is 0 Å². The Morgan fingerprint density at radius 3 is 2.67 bits per heavy atom. The fourth-order valence-electron chi connectivity index (χ4n) is 1.29. The van der Waals surface area contributed by atoms with Crippen molar-refractivity contribution in [2.75, 3.05) is 0 Å². The Morgan fingerprint density at radius 1 is 1.40 bits per heavy atom. The molecule has 0 saturated heterocycles. The number of carbonyl (C=O) groups is 1. The molecule has 1 aliphatic heterocycles. The summed E-state index contributed by atoms with van der Waals surface area (Å²) in [4.78, 5) is 22.4. The molecule has 0 spiro atoms. The highest BCUT2D eigenvalue weighted by molar-refractivity contribution is 9.28. The molecule has 0 fully saturated rings. The van der Waals surface area contributed by atoms with Gasteiger partial charge in [-0.2, -0.15) is 0 Å². The first kappa shape index (κ1) is 11.1. The molecular weight excluding hydrogens is 350 g/mol. The Bertz CT molecular complexity index is 475. The predicted octanol–water partition coefficient (Wildman–Crippen LogP) is 3.33. The molecule has 1 aromatic carbocycles. The number of benzene rings is 1. The van der Waals surface area contributed by atoms with Gasteiger partial charge in [0.05, 0.1) is 9.82 Å². The third kappa shape index (κ3) is 1.72. The highest BCUT2D eigenvalue weighted by atomic mass is 79.9. The van der Waals surface area contributed by atoms with E-state index in [-0.39, 0.29) is 11.5 Å². The Labute approximate surface area is 106 Å². The predicted molar refractivity (Wildman–Crippen MR) is 63.9 cm³/mol. The SMILES string of the molecule is O=C1c2cccc([N+](=O)[O-])c2SC1(Br)Br. The van der Waals surface area contributed by atoms with Crippen LogP contribution in [0.2, 0.25) is 0 Å². The van der Waals surface area contributed by atoms with E-state index in [4.69, 9.17) is 0 Å². The van der Waals surface area contributed by atoms with Crippen LogP contribution in [0.4, 0.5) is 5.69 Å². The number of thioether (sulfide) groups is 1. The van der Waals surface area contributed by atoms with Crippen molar-refractivity contribution in [1.82, 2.24) is 0 Å². The van der Waals surface area contributed by atoms with Gasteiger partial charge in [-0.15, -0.1) is 0 Å². The highest BCUT2D eigenvalue weighted by Crippen LogP contribution is 2.55. The number of Topliss-reactive ketones (excluding diaryl/α,β-unsaturated/α-hetero) is 1. The molecule has 0 radical (unpaired) electrons. The lowest BCUT2D eigenvalue weighted by Crippen LogP contribution is -2.13. The van der Waals surface area contributed by atoms with Crippen LogP contribution in [0.25, 0.3) is 0 Å². The summed E-state index contributed by atoms with van der Waals surface area (Å²) < 4.78 is -0.964. The second-order valence-electron chi connectivity index (χ2n) is 2.86. The van der Waals surface area contributed by atoms with E-state index in [1.807, 2.05) is 0 Å². The fourth-order valence-corrected chi connectivity index (χ4v) is 3.66. The van der Waals surface area contributed by atoms with E-state index < -0.39 is 7.49 Å². The molecule has 0 N–H and O–H groups in total. The van der Waals surface area contributed by atoms with Crippen molar-refractivity contribution >= 4 is 55.1 Å². The molecule has 0 unspecified atom stereocenters. The summed E-state index contributed by atoms with van der Waals surface area (Å²) in [6, 6.07) is 4.49. The third-order valence-electron chi connectivity index (χ3n) is 1.93. The number of ketones is 1. The van der Waals surface area contributed by atoms with Gasteiger partial charge in [-0.05, 0) is 6.07 Å². The molecular formula is C8H3Br2NO3S. The van der Waals surface area contributed by atoms with E-state index in [2.05, 4.69) is 31.9 Å². The number of nitro benzene ring substituents is 1. The van der Waals surface area contributed by atoms with Crippen molar-refractivity contribution in [2.45, 2.75) is 7.46 Å². The van der Waals surface area contributed by atoms with E-state index in [1.165, 1.54) is 12.1 Å². The number of rotatable bonds is 1. The maximum absolute atomic E-state index is 11.8. The zero-order chi connectivity index (χ0) is 11.2. The van der Waals surface area contributed by atoms with Gasteiger partial charge >= 0.3 is 0 Å². The minimum absolute atomic E-state index is 0.0355. The van der Waals surface area contributed by atoms with Crippen LogP contribution in [-0.2, 0) is 0 Å². The topological polar surface area (TPSA) is 60.2 Å². The van der Waals surface area contributed by atoms with Crippen molar-refractivity contribution in [1.29, 1.82) is 0 Å². The summed E-state index contributed by atoms with van der Waals surface area (Å²) in [5.74, 6) is -0.203. The van der Waals surface area contributed by atoms with E-state index in [0.717, 1.165) is 11.8 Å². The Kier molecular flexibility index (Phi) is 2.64. The number of nitro groups is 1. The number of hydrogen-bond acceptors (Lipinski definition) is 4. The van der Waals surface area contributed by atoms with E-state index in [0.29, 0.717) is 10.5 Å². The molecule has 15 heavy (non-hydrogen) atoms. The van der Waals surface area contributed by atoms with Crippen molar-refractivity contribution in [3.63, 3.8) is 0 Å². The van der Waals surface area contributed by atoms with Crippen LogP contribution < -0.4 is 0 Å². The molecule has 7 heteroatoms. The maximum Gasteiger partial charge on any atom is 0.283 e. The molecule has 0 amide bonds. The molecule has 1 heterocycles. The summed E-state index contributed by atoms with van der Waals surface area (Å²) in [5, 5.41) is 10.7. The number of hydrogen-bond donors (Lipinski definition) is 0. The highest BCUT2D eigenvalue weighted by Gasteiger charge is 2.45. The molecule has 1 aliphatic rings. The summed E-state index contributed by atoms with van der Waals surface area (Å²) in [6.07, 6.45) is 0. The van der Waals surface area contributed by atoms with Gasteiger partial charge in [0, 0.05) is 11.6 Å². The maximum atomic E-state index is 11.8. The quantitative estimate of drug-likeness (QED) is 0.442. The van der Waals surface area contributed by atoms with Gasteiger partial charge in [0.2, 0.25) is 5.78 Å². The normalized spacial score (nSPS) is 17.6. The van der Waals surface area contributed by atoms with Crippen LogP contribution in [-0.4, -0.2) is 13.3 Å². The van der Waals surface area contributed by atoms with Crippen LogP contribution in [0.15, 0.2) is 23.1 Å². The average Bonchev–Trinajstić information content (AvgIpc) is 2.37. The van der Waals surface area contributed by atoms with E-state index in [9.17, 15) is 14.9 Å². The number of carbonyl (C=O) groups excluding carboxylic acids is 1. The zero-order valence-corrected chi connectivity index (χ0v) is 11.1. The van der Waals surface area contributed by atoms with Gasteiger partial charge in [-0.1, -0.05) is 49.7 Å². The van der Waals surface area contributed by atoms with Crippen molar-refractivity contribution in [3.05, 3.63) is 33.9 Å². The molecule has 0 saturated carbocycles. The molecule has 78 valence electrons. The molecule has 4 nitrogen and oxygen atoms in total. The van der Waals surface area contributed by atoms with Crippen LogP contribution in [0.3, 0.4) is 0 Å². The van der Waals surface area contributed by atoms with Gasteiger partial charge < -0.3 is 0 Å². The monoisotopic (exact) mass is 351 g/mol. The van der Waals surface area contributed by atoms with Crippen molar-refractivity contribution in [3.8, 4) is 0 Å². The van der Waals surface area contributed by atoms with E-state index >= 15 is 0 Å². The number of nitrogens with zero attached hydrogens (tertiary/aromatic N) is 1. The molecule has 0 atom stereocenters. The summed E-state index contributed by atoms with van der Waals surface area (Å²) in [7, 11) is 0. The average molecular weight is 353 g/mol. The van der Waals surface area contributed by atoms with Crippen LogP contribution >= 0.6 is 43.6 Å². The van der Waals surface area contributed by atoms with Gasteiger partial charge in [0.1, 0.15) is 0 Å². The number of halogens is 2. The van der Waals surface area contributed by atoms with Crippen molar-refractivity contribution in [2.24, 2.45) is 0 Å². The first-order valence-electron chi connectivity index (χ1n) is 3.82. The molecule has 0 bridgehead atoms. The standard InChI is InChI=1S/C8H3Br2NO3S/c9-8(10)7(12)4-2-1-3-5(11(13)14)6(4)15-8/h1-3H. The molecule has 0 aromatic heterocycles. The van der Waals surface area contributed by atoms with Crippen molar-refractivity contribution < 1.29 is 9.72 Å². The van der Waals surface area contributed by atoms with E-state index in [1.54, 1.807) is 6.07 Å². The molecule has 0 aliphatic carbocycles. The fraction of sp³-hybridized carbons (Fsp3) is 0.125. The summed E-state index contributed by atoms with van der Waals surface area (Å²) in [6.45, 7) is 0. The first-order valence-corrected chi connectivity index (χ1v) is 6.23. The molecule has 1 aromatic rings. The zero-order valence-electron chi connectivity index (χ0n) is 7.07. The summed E-state index contributed by atoms with van der Waals surface area (Å²) in [5.41, 5.74) is 0.342. The minimum atomic E-state index is -0.964. The Morgan fingerprint density at radius 2 is 2.07 bits per heavy atom. The smallest absolute Gasteiger partial charge is 0.283 e. The lowest BCUT2D eigenvalue weighted by molar-refractivity contribution is -0.387. The van der Waals surface area contributed by atoms with Crippen LogP contribution in [0, 0.1) is 10.1 Å². The first-order chi connectivity index (χ1) is 6.93. The van der Waals surface area contributed by atoms with Gasteiger partial charge in [0.25, 0.3) is 5.69 Å². The lowest BCUT2D eigenvalue weighted by Gasteiger charge is -2.06. The van der Waals surface area contributed by atoms with Crippen LogP contribution in [0.1, 0.15) is 10.4 Å². The second kappa shape index (κ2) is 3.57. The largest absolute Gasteiger partial charge is 0.291 e. The number of alkyl halides is 2. The lowest BCUT2D eigenvalue weighted by atomic mass is 10.1. The molecule has 2 rings (SSSR count). The number of fused-ring (bicyclic) bond motifs is 1. The van der Waals surface area contributed by atoms with Gasteiger partial charge in [-0.3, -0.25) is 14.9 Å². The second-order valence-corrected chi connectivity index (χ2v) is 8.58.